The van der Waals surface area contributed by atoms with Gasteiger partial charge in [0, 0.05) is 5.69 Å². The van der Waals surface area contributed by atoms with Gasteiger partial charge in [-0.2, -0.15) is 0 Å². The summed E-state index contributed by atoms with van der Waals surface area (Å²) >= 11 is 0. The van der Waals surface area contributed by atoms with Gasteiger partial charge in [-0.3, -0.25) is 4.79 Å². The minimum Gasteiger partial charge on any atom is -0.489 e. The molecule has 2 aromatic carbocycles. The molecule has 0 heterocycles. The Morgan fingerprint density at radius 1 is 1.13 bits per heavy atom. The lowest BCUT2D eigenvalue weighted by Crippen LogP contribution is -2.05. The van der Waals surface area contributed by atoms with Gasteiger partial charge in [0.25, 0.3) is 0 Å². The molecule has 0 fully saturated rings. The van der Waals surface area contributed by atoms with Gasteiger partial charge in [-0.05, 0) is 61.6 Å². The van der Waals surface area contributed by atoms with Crippen molar-refractivity contribution in [3.63, 3.8) is 0 Å². The second-order valence-corrected chi connectivity index (χ2v) is 5.77. The van der Waals surface area contributed by atoms with E-state index in [1.807, 2.05) is 45.0 Å². The molecule has 23 heavy (non-hydrogen) atoms. The molecule has 0 saturated heterocycles. The van der Waals surface area contributed by atoms with Crippen LogP contribution in [0.15, 0.2) is 42.0 Å². The third-order valence-corrected chi connectivity index (χ3v) is 3.92. The molecule has 0 saturated carbocycles. The number of benzene rings is 2. The third-order valence-electron chi connectivity index (χ3n) is 3.92. The maximum Gasteiger partial charge on any atom is 0.211 e. The van der Waals surface area contributed by atoms with Crippen LogP contribution in [0.5, 0.6) is 5.75 Å². The summed E-state index contributed by atoms with van der Waals surface area (Å²) in [5, 5.41) is 2.76. The number of aryl methyl sites for hydroxylation is 1. The zero-order valence-electron chi connectivity index (χ0n) is 14.1. The molecule has 1 N–H and O–H groups in total. The molecule has 0 unspecified atom stereocenters. The molecule has 0 aliphatic carbocycles. The number of carbonyl (C=O) groups is 1. The van der Waals surface area contributed by atoms with Gasteiger partial charge in [-0.1, -0.05) is 36.4 Å². The topological polar surface area (TPSA) is 38.3 Å². The molecule has 3 heteroatoms. The number of hydrogen-bond acceptors (Lipinski definition) is 2. The first-order chi connectivity index (χ1) is 11.0. The summed E-state index contributed by atoms with van der Waals surface area (Å²) < 4.78 is 5.98. The fourth-order valence-electron chi connectivity index (χ4n) is 2.54. The Labute approximate surface area is 138 Å². The Balaban J connectivity index is 2.15. The Hall–Kier alpha value is -2.55. The third kappa shape index (κ3) is 4.22. The van der Waals surface area contributed by atoms with Crippen molar-refractivity contribution in [3.05, 3.63) is 64.2 Å². The molecule has 1 amide bonds. The van der Waals surface area contributed by atoms with Crippen molar-refractivity contribution in [2.24, 2.45) is 0 Å². The molecule has 3 nitrogen and oxygen atoms in total. The summed E-state index contributed by atoms with van der Waals surface area (Å²) in [6.07, 6.45) is 2.83. The molecule has 0 atom stereocenters. The van der Waals surface area contributed by atoms with E-state index in [-0.39, 0.29) is 0 Å². The summed E-state index contributed by atoms with van der Waals surface area (Å²) in [6, 6.07) is 12.2. The van der Waals surface area contributed by atoms with Crippen molar-refractivity contribution in [2.45, 2.75) is 27.7 Å². The van der Waals surface area contributed by atoms with Crippen LogP contribution < -0.4 is 10.1 Å². The molecule has 2 aromatic rings. The van der Waals surface area contributed by atoms with Crippen LogP contribution in [-0.2, 0) is 4.79 Å². The monoisotopic (exact) mass is 309 g/mol. The smallest absolute Gasteiger partial charge is 0.211 e. The highest BCUT2D eigenvalue weighted by molar-refractivity contribution is 5.77. The minimum atomic E-state index is 0.537. The van der Waals surface area contributed by atoms with Crippen LogP contribution in [0.1, 0.15) is 29.2 Å². The fraction of sp³-hybridized carbons (Fsp3) is 0.250. The first-order valence-corrected chi connectivity index (χ1v) is 7.69. The highest BCUT2D eigenvalue weighted by Crippen LogP contribution is 2.31. The Bertz CT molecular complexity index is 718. The predicted octanol–water partition coefficient (Wildman–Crippen LogP) is 4.66. The second-order valence-electron chi connectivity index (χ2n) is 5.77. The lowest BCUT2D eigenvalue weighted by molar-refractivity contribution is -0.105. The Morgan fingerprint density at radius 3 is 2.48 bits per heavy atom. The Morgan fingerprint density at radius 2 is 1.83 bits per heavy atom. The zero-order valence-corrected chi connectivity index (χ0v) is 14.1. The number of nitrogens with one attached hydrogen (secondary N) is 1. The van der Waals surface area contributed by atoms with E-state index in [0.29, 0.717) is 13.0 Å². The lowest BCUT2D eigenvalue weighted by Gasteiger charge is -2.16. The van der Waals surface area contributed by atoms with Crippen LogP contribution in [0.2, 0.25) is 0 Å². The number of amides is 1. The molecule has 0 bridgehead atoms. The summed E-state index contributed by atoms with van der Waals surface area (Å²) in [7, 11) is 0. The molecule has 0 aliphatic heterocycles. The molecule has 0 spiro atoms. The molecular weight excluding hydrogens is 286 g/mol. The van der Waals surface area contributed by atoms with Crippen molar-refractivity contribution in [2.75, 3.05) is 11.9 Å². The highest BCUT2D eigenvalue weighted by atomic mass is 16.5. The van der Waals surface area contributed by atoms with E-state index < -0.39 is 0 Å². The first kappa shape index (κ1) is 16.8. The number of anilines is 1. The minimum absolute atomic E-state index is 0.537. The van der Waals surface area contributed by atoms with Crippen LogP contribution in [-0.4, -0.2) is 13.0 Å². The number of hydrogen-bond donors (Lipinski definition) is 1. The molecule has 120 valence electrons. The molecule has 0 aromatic heterocycles. The maximum absolute atomic E-state index is 10.7. The SMILES string of the molecule is CC(=Cc1ccccc1)COc1cc(C)c(NC=O)c(C)c1C. The van der Waals surface area contributed by atoms with E-state index in [4.69, 9.17) is 4.74 Å². The van der Waals surface area contributed by atoms with Crippen molar-refractivity contribution < 1.29 is 9.53 Å². The van der Waals surface area contributed by atoms with Gasteiger partial charge >= 0.3 is 0 Å². The molecule has 0 aliphatic rings. The van der Waals surface area contributed by atoms with Crippen molar-refractivity contribution in [3.8, 4) is 5.75 Å². The summed E-state index contributed by atoms with van der Waals surface area (Å²) in [6.45, 7) is 8.57. The number of rotatable bonds is 6. The van der Waals surface area contributed by atoms with E-state index in [2.05, 4.69) is 30.4 Å². The average molecular weight is 309 g/mol. The van der Waals surface area contributed by atoms with Gasteiger partial charge in [0.15, 0.2) is 0 Å². The average Bonchev–Trinajstić information content (AvgIpc) is 2.54. The summed E-state index contributed by atoms with van der Waals surface area (Å²) in [4.78, 5) is 10.7. The maximum atomic E-state index is 10.7. The van der Waals surface area contributed by atoms with Gasteiger partial charge in [0.1, 0.15) is 12.4 Å². The van der Waals surface area contributed by atoms with Gasteiger partial charge in [0.2, 0.25) is 6.41 Å². The largest absolute Gasteiger partial charge is 0.489 e. The van der Waals surface area contributed by atoms with E-state index in [0.717, 1.165) is 33.7 Å². The van der Waals surface area contributed by atoms with Gasteiger partial charge in [-0.25, -0.2) is 0 Å². The quantitative estimate of drug-likeness (QED) is 0.788. The van der Waals surface area contributed by atoms with Crippen molar-refractivity contribution >= 4 is 18.2 Å². The standard InChI is InChI=1S/C20H23NO2/c1-14(10-18-8-6-5-7-9-18)12-23-19-11-15(2)20(21-13-22)17(4)16(19)3/h5-11,13H,12H2,1-4H3,(H,21,22). The van der Waals surface area contributed by atoms with Crippen LogP contribution >= 0.6 is 0 Å². The highest BCUT2D eigenvalue weighted by Gasteiger charge is 2.11. The van der Waals surface area contributed by atoms with Crippen LogP contribution in [0.4, 0.5) is 5.69 Å². The first-order valence-electron chi connectivity index (χ1n) is 7.69. The predicted molar refractivity (Wildman–Crippen MR) is 95.9 cm³/mol. The van der Waals surface area contributed by atoms with Crippen LogP contribution in [0.25, 0.3) is 6.08 Å². The van der Waals surface area contributed by atoms with E-state index in [9.17, 15) is 4.79 Å². The number of carbonyl (C=O) groups excluding carboxylic acids is 1. The molecule has 0 radical (unpaired) electrons. The summed E-state index contributed by atoms with van der Waals surface area (Å²) in [5.74, 6) is 0.859. The van der Waals surface area contributed by atoms with Crippen molar-refractivity contribution in [1.82, 2.24) is 0 Å². The van der Waals surface area contributed by atoms with E-state index in [1.54, 1.807) is 0 Å². The normalized spacial score (nSPS) is 11.2. The van der Waals surface area contributed by atoms with Gasteiger partial charge in [0.05, 0.1) is 0 Å². The van der Waals surface area contributed by atoms with Gasteiger partial charge in [-0.15, -0.1) is 0 Å². The molecule has 2 rings (SSSR count). The van der Waals surface area contributed by atoms with Crippen LogP contribution in [0.3, 0.4) is 0 Å². The van der Waals surface area contributed by atoms with E-state index in [1.165, 1.54) is 5.56 Å². The second kappa shape index (κ2) is 7.63. The number of ether oxygens (including phenoxy) is 1. The Kier molecular flexibility index (Phi) is 5.58. The zero-order chi connectivity index (χ0) is 16.8. The van der Waals surface area contributed by atoms with Crippen LogP contribution in [0, 0.1) is 20.8 Å². The van der Waals surface area contributed by atoms with Gasteiger partial charge < -0.3 is 10.1 Å². The summed E-state index contributed by atoms with van der Waals surface area (Å²) in [5.41, 5.74) is 6.27. The van der Waals surface area contributed by atoms with Crippen molar-refractivity contribution in [1.29, 1.82) is 0 Å². The lowest BCUT2D eigenvalue weighted by atomic mass is 10.0. The fourth-order valence-corrected chi connectivity index (χ4v) is 2.54. The molecular formula is C20H23NO2. The van der Waals surface area contributed by atoms with E-state index >= 15 is 0 Å².